The Labute approximate surface area is 157 Å². The van der Waals surface area contributed by atoms with E-state index in [1.165, 1.54) is 27.6 Å². The van der Waals surface area contributed by atoms with E-state index in [1.54, 1.807) is 11.8 Å². The molecule has 4 rings (SSSR count). The monoisotopic (exact) mass is 363 g/mol. The summed E-state index contributed by atoms with van der Waals surface area (Å²) in [7, 11) is 0. The molecule has 0 fully saturated rings. The molecule has 0 N–H and O–H groups in total. The molecule has 0 aliphatic heterocycles. The van der Waals surface area contributed by atoms with Gasteiger partial charge in [0.05, 0.1) is 12.1 Å². The molecule has 0 bridgehead atoms. The number of benzene rings is 2. The SMILES string of the molecule is Cc1ccc(OCCSc2nnc3cc(C)c4cccc(C)c4n23)cc1. The van der Waals surface area contributed by atoms with Gasteiger partial charge in [0.15, 0.2) is 10.8 Å². The maximum atomic E-state index is 5.82. The van der Waals surface area contributed by atoms with E-state index in [4.69, 9.17) is 4.74 Å². The zero-order chi connectivity index (χ0) is 18.1. The number of hydrogen-bond donors (Lipinski definition) is 0. The number of hydrogen-bond acceptors (Lipinski definition) is 4. The topological polar surface area (TPSA) is 39.4 Å². The molecule has 26 heavy (non-hydrogen) atoms. The molecule has 4 nitrogen and oxygen atoms in total. The summed E-state index contributed by atoms with van der Waals surface area (Å²) >= 11 is 1.67. The summed E-state index contributed by atoms with van der Waals surface area (Å²) in [6.45, 7) is 6.96. The lowest BCUT2D eigenvalue weighted by Gasteiger charge is -2.10. The summed E-state index contributed by atoms with van der Waals surface area (Å²) < 4.78 is 7.98. The first-order valence-electron chi connectivity index (χ1n) is 8.70. The van der Waals surface area contributed by atoms with Gasteiger partial charge in [0, 0.05) is 11.1 Å². The first-order valence-corrected chi connectivity index (χ1v) is 9.68. The first kappa shape index (κ1) is 16.9. The van der Waals surface area contributed by atoms with Crippen LogP contribution in [0, 0.1) is 20.8 Å². The summed E-state index contributed by atoms with van der Waals surface area (Å²) in [4.78, 5) is 0. The maximum Gasteiger partial charge on any atom is 0.196 e. The van der Waals surface area contributed by atoms with Crippen molar-refractivity contribution in [1.82, 2.24) is 14.6 Å². The molecule has 0 amide bonds. The lowest BCUT2D eigenvalue weighted by molar-refractivity contribution is 0.344. The molecular weight excluding hydrogens is 342 g/mol. The van der Waals surface area contributed by atoms with E-state index in [9.17, 15) is 0 Å². The van der Waals surface area contributed by atoms with Gasteiger partial charge in [-0.3, -0.25) is 4.40 Å². The number of thioether (sulfide) groups is 1. The number of aromatic nitrogens is 3. The van der Waals surface area contributed by atoms with E-state index in [1.807, 2.05) is 12.1 Å². The van der Waals surface area contributed by atoms with Gasteiger partial charge in [0.1, 0.15) is 5.75 Å². The van der Waals surface area contributed by atoms with Crippen LogP contribution < -0.4 is 4.74 Å². The van der Waals surface area contributed by atoms with Gasteiger partial charge in [0.25, 0.3) is 0 Å². The zero-order valence-electron chi connectivity index (χ0n) is 15.2. The van der Waals surface area contributed by atoms with Gasteiger partial charge < -0.3 is 4.74 Å². The minimum Gasteiger partial charge on any atom is -0.493 e. The van der Waals surface area contributed by atoms with Crippen LogP contribution in [0.4, 0.5) is 0 Å². The molecular formula is C21H21N3OS. The predicted octanol–water partition coefficient (Wildman–Crippen LogP) is 4.98. The van der Waals surface area contributed by atoms with E-state index >= 15 is 0 Å². The van der Waals surface area contributed by atoms with Crippen molar-refractivity contribution in [3.8, 4) is 5.75 Å². The minimum absolute atomic E-state index is 0.630. The molecule has 132 valence electrons. The van der Waals surface area contributed by atoms with Crippen LogP contribution >= 0.6 is 11.8 Å². The Morgan fingerprint density at radius 1 is 0.962 bits per heavy atom. The fraction of sp³-hybridized carbons (Fsp3) is 0.238. The van der Waals surface area contributed by atoms with Gasteiger partial charge >= 0.3 is 0 Å². The normalized spacial score (nSPS) is 11.3. The number of nitrogens with zero attached hydrogens (tertiary/aromatic N) is 3. The molecule has 0 saturated heterocycles. The smallest absolute Gasteiger partial charge is 0.196 e. The van der Waals surface area contributed by atoms with Gasteiger partial charge in [-0.25, -0.2) is 0 Å². The van der Waals surface area contributed by atoms with Crippen LogP contribution in [-0.2, 0) is 0 Å². The Bertz CT molecular complexity index is 1070. The highest BCUT2D eigenvalue weighted by atomic mass is 32.2. The van der Waals surface area contributed by atoms with Crippen molar-refractivity contribution in [1.29, 1.82) is 0 Å². The van der Waals surface area contributed by atoms with Crippen molar-refractivity contribution >= 4 is 28.3 Å². The van der Waals surface area contributed by atoms with Crippen molar-refractivity contribution in [3.05, 3.63) is 65.2 Å². The first-order chi connectivity index (χ1) is 12.6. The average Bonchev–Trinajstić information content (AvgIpc) is 3.03. The Hall–Kier alpha value is -2.53. The lowest BCUT2D eigenvalue weighted by atomic mass is 10.1. The van der Waals surface area contributed by atoms with Gasteiger partial charge in [-0.15, -0.1) is 10.2 Å². The summed E-state index contributed by atoms with van der Waals surface area (Å²) in [6, 6.07) is 16.6. The predicted molar refractivity (Wildman–Crippen MR) is 107 cm³/mol. The van der Waals surface area contributed by atoms with Crippen molar-refractivity contribution in [2.24, 2.45) is 0 Å². The number of para-hydroxylation sites is 1. The third-order valence-electron chi connectivity index (χ3n) is 4.49. The van der Waals surface area contributed by atoms with E-state index in [0.717, 1.165) is 22.3 Å². The Balaban J connectivity index is 1.56. The third kappa shape index (κ3) is 3.15. The van der Waals surface area contributed by atoms with Crippen LogP contribution in [0.5, 0.6) is 5.75 Å². The highest BCUT2D eigenvalue weighted by Crippen LogP contribution is 2.27. The molecule has 0 spiro atoms. The van der Waals surface area contributed by atoms with Crippen LogP contribution in [-0.4, -0.2) is 27.0 Å². The summed E-state index contributed by atoms with van der Waals surface area (Å²) in [6.07, 6.45) is 0. The molecule has 0 aliphatic rings. The maximum absolute atomic E-state index is 5.82. The summed E-state index contributed by atoms with van der Waals surface area (Å²) in [5, 5.41) is 10.9. The van der Waals surface area contributed by atoms with E-state index in [2.05, 4.69) is 71.8 Å². The molecule has 4 aromatic rings. The Morgan fingerprint density at radius 3 is 2.58 bits per heavy atom. The Morgan fingerprint density at radius 2 is 1.77 bits per heavy atom. The second-order valence-electron chi connectivity index (χ2n) is 6.48. The summed E-state index contributed by atoms with van der Waals surface area (Å²) in [5.41, 5.74) is 5.77. The van der Waals surface area contributed by atoms with Crippen LogP contribution in [0.25, 0.3) is 16.6 Å². The molecule has 0 unspecified atom stereocenters. The largest absolute Gasteiger partial charge is 0.493 e. The Kier molecular flexibility index (Phi) is 4.55. The van der Waals surface area contributed by atoms with Crippen LogP contribution in [0.1, 0.15) is 16.7 Å². The lowest BCUT2D eigenvalue weighted by Crippen LogP contribution is -2.01. The van der Waals surface area contributed by atoms with E-state index in [0.29, 0.717) is 6.61 Å². The molecule has 2 aromatic carbocycles. The molecule has 0 saturated carbocycles. The minimum atomic E-state index is 0.630. The second kappa shape index (κ2) is 7.00. The molecule has 2 aromatic heterocycles. The standard InChI is InChI=1S/C21H21N3OS/c1-14-7-9-17(10-8-14)25-11-12-26-21-23-22-19-13-16(3)18-6-4-5-15(2)20(18)24(19)21/h4-10,13H,11-12H2,1-3H3. The molecule has 0 radical (unpaired) electrons. The van der Waals surface area contributed by atoms with Gasteiger partial charge in [-0.2, -0.15) is 0 Å². The van der Waals surface area contributed by atoms with Crippen molar-refractivity contribution in [3.63, 3.8) is 0 Å². The van der Waals surface area contributed by atoms with Gasteiger partial charge in [-0.1, -0.05) is 47.7 Å². The molecule has 5 heteroatoms. The van der Waals surface area contributed by atoms with E-state index < -0.39 is 0 Å². The number of pyridine rings is 1. The van der Waals surface area contributed by atoms with Crippen LogP contribution in [0.15, 0.2) is 53.7 Å². The molecule has 2 heterocycles. The quantitative estimate of drug-likeness (QED) is 0.370. The highest BCUT2D eigenvalue weighted by molar-refractivity contribution is 7.99. The van der Waals surface area contributed by atoms with Crippen LogP contribution in [0.2, 0.25) is 0 Å². The number of fused-ring (bicyclic) bond motifs is 3. The molecule has 0 atom stereocenters. The molecule has 0 aliphatic carbocycles. The average molecular weight is 363 g/mol. The number of ether oxygens (including phenoxy) is 1. The third-order valence-corrected chi connectivity index (χ3v) is 5.39. The fourth-order valence-corrected chi connectivity index (χ4v) is 3.91. The number of aryl methyl sites for hydroxylation is 3. The van der Waals surface area contributed by atoms with Crippen molar-refractivity contribution in [2.75, 3.05) is 12.4 Å². The van der Waals surface area contributed by atoms with Crippen molar-refractivity contribution in [2.45, 2.75) is 25.9 Å². The highest BCUT2D eigenvalue weighted by Gasteiger charge is 2.13. The van der Waals surface area contributed by atoms with Crippen LogP contribution in [0.3, 0.4) is 0 Å². The second-order valence-corrected chi connectivity index (χ2v) is 7.55. The van der Waals surface area contributed by atoms with Gasteiger partial charge in [0.2, 0.25) is 0 Å². The van der Waals surface area contributed by atoms with Gasteiger partial charge in [-0.05, 0) is 50.1 Å². The summed E-state index contributed by atoms with van der Waals surface area (Å²) in [5.74, 6) is 1.72. The van der Waals surface area contributed by atoms with Crippen molar-refractivity contribution < 1.29 is 4.74 Å². The fourth-order valence-electron chi connectivity index (χ4n) is 3.15. The van der Waals surface area contributed by atoms with E-state index in [-0.39, 0.29) is 0 Å². The number of rotatable bonds is 5. The zero-order valence-corrected chi connectivity index (χ0v) is 16.0.